The summed E-state index contributed by atoms with van der Waals surface area (Å²) >= 11 is 1.34. The van der Waals surface area contributed by atoms with Crippen molar-refractivity contribution in [1.82, 2.24) is 10.2 Å². The first-order valence-electron chi connectivity index (χ1n) is 9.85. The second-order valence-corrected chi connectivity index (χ2v) is 8.80. The van der Waals surface area contributed by atoms with Crippen LogP contribution in [0.15, 0.2) is 24.3 Å². The molecule has 2 atom stereocenters. The van der Waals surface area contributed by atoms with Gasteiger partial charge in [0, 0.05) is 25.3 Å². The van der Waals surface area contributed by atoms with Crippen LogP contribution in [0.3, 0.4) is 0 Å². The number of thioether (sulfide) groups is 1. The second kappa shape index (κ2) is 11.3. The zero-order valence-electron chi connectivity index (χ0n) is 16.8. The summed E-state index contributed by atoms with van der Waals surface area (Å²) in [5.41, 5.74) is 1.94. The quantitative estimate of drug-likeness (QED) is 0.635. The molecule has 2 unspecified atom stereocenters. The van der Waals surface area contributed by atoms with Crippen LogP contribution in [0.5, 0.6) is 0 Å². The number of hydrogen-bond acceptors (Lipinski definition) is 4. The highest BCUT2D eigenvalue weighted by molar-refractivity contribution is 8.00. The van der Waals surface area contributed by atoms with Gasteiger partial charge in [0.15, 0.2) is 0 Å². The van der Waals surface area contributed by atoms with Gasteiger partial charge in [0.1, 0.15) is 0 Å². The molecular weight excluding hydrogens is 358 g/mol. The molecule has 1 aliphatic heterocycles. The van der Waals surface area contributed by atoms with Crippen molar-refractivity contribution in [1.29, 1.82) is 0 Å². The van der Waals surface area contributed by atoms with Gasteiger partial charge in [-0.1, -0.05) is 31.5 Å². The number of hydrogen-bond donors (Lipinski definition) is 2. The highest BCUT2D eigenvalue weighted by Crippen LogP contribution is 2.20. The normalized spacial score (nSPS) is 20.3. The number of anilines is 1. The summed E-state index contributed by atoms with van der Waals surface area (Å²) in [6.07, 6.45) is 2.30. The van der Waals surface area contributed by atoms with E-state index in [9.17, 15) is 9.59 Å². The van der Waals surface area contributed by atoms with Gasteiger partial charge in [0.2, 0.25) is 11.8 Å². The summed E-state index contributed by atoms with van der Waals surface area (Å²) in [4.78, 5) is 26.3. The van der Waals surface area contributed by atoms with Gasteiger partial charge < -0.3 is 15.5 Å². The van der Waals surface area contributed by atoms with E-state index in [0.29, 0.717) is 12.3 Å². The van der Waals surface area contributed by atoms with Gasteiger partial charge in [-0.15, -0.1) is 11.8 Å². The Balaban J connectivity index is 1.52. The first-order chi connectivity index (χ1) is 12.9. The van der Waals surface area contributed by atoms with Crippen LogP contribution < -0.4 is 10.6 Å². The monoisotopic (exact) mass is 391 g/mol. The number of rotatable bonds is 9. The smallest absolute Gasteiger partial charge is 0.234 e. The Morgan fingerprint density at radius 2 is 1.70 bits per heavy atom. The number of likely N-dealkylation sites (tertiary alicyclic amines) is 1. The maximum Gasteiger partial charge on any atom is 0.234 e. The third kappa shape index (κ3) is 8.80. The number of piperidine rings is 1. The van der Waals surface area contributed by atoms with Crippen molar-refractivity contribution in [2.45, 2.75) is 33.6 Å². The minimum Gasteiger partial charge on any atom is -0.355 e. The zero-order chi connectivity index (χ0) is 19.6. The summed E-state index contributed by atoms with van der Waals surface area (Å²) in [7, 11) is 0. The topological polar surface area (TPSA) is 61.4 Å². The summed E-state index contributed by atoms with van der Waals surface area (Å²) in [5, 5.41) is 5.80. The Hall–Kier alpha value is -1.53. The largest absolute Gasteiger partial charge is 0.355 e. The van der Waals surface area contributed by atoms with Crippen molar-refractivity contribution in [3.63, 3.8) is 0 Å². The molecule has 0 saturated carbocycles. The van der Waals surface area contributed by atoms with Crippen molar-refractivity contribution < 1.29 is 9.59 Å². The lowest BCUT2D eigenvalue weighted by Gasteiger charge is -2.34. The molecule has 1 aromatic carbocycles. The van der Waals surface area contributed by atoms with E-state index in [1.54, 1.807) is 0 Å². The van der Waals surface area contributed by atoms with Gasteiger partial charge in [-0.2, -0.15) is 0 Å². The van der Waals surface area contributed by atoms with E-state index < -0.39 is 0 Å². The van der Waals surface area contributed by atoms with Gasteiger partial charge in [0.25, 0.3) is 0 Å². The van der Waals surface area contributed by atoms with Crippen molar-refractivity contribution >= 4 is 29.3 Å². The van der Waals surface area contributed by atoms with Crippen LogP contribution in [0.25, 0.3) is 0 Å². The number of aryl methyl sites for hydroxylation is 1. The summed E-state index contributed by atoms with van der Waals surface area (Å²) in [6, 6.07) is 7.69. The first-order valence-corrected chi connectivity index (χ1v) is 11.0. The molecule has 2 rings (SSSR count). The number of benzene rings is 1. The lowest BCUT2D eigenvalue weighted by atomic mass is 9.92. The average molecular weight is 392 g/mol. The van der Waals surface area contributed by atoms with E-state index in [2.05, 4.69) is 29.4 Å². The molecule has 0 radical (unpaired) electrons. The molecule has 6 heteroatoms. The molecule has 150 valence electrons. The van der Waals surface area contributed by atoms with E-state index in [4.69, 9.17) is 0 Å². The van der Waals surface area contributed by atoms with E-state index in [1.165, 1.54) is 31.3 Å². The zero-order valence-corrected chi connectivity index (χ0v) is 17.6. The molecule has 1 heterocycles. The van der Waals surface area contributed by atoms with Gasteiger partial charge in [0.05, 0.1) is 11.5 Å². The fraction of sp³-hybridized carbons (Fsp3) is 0.619. The third-order valence-electron chi connectivity index (χ3n) is 4.72. The fourth-order valence-corrected chi connectivity index (χ4v) is 4.27. The number of nitrogens with zero attached hydrogens (tertiary/aromatic N) is 1. The van der Waals surface area contributed by atoms with Crippen LogP contribution in [0.4, 0.5) is 5.69 Å². The number of carbonyl (C=O) groups excluding carboxylic acids is 2. The maximum absolute atomic E-state index is 11.9. The summed E-state index contributed by atoms with van der Waals surface area (Å²) in [6.45, 7) is 10.7. The number of amides is 2. The van der Waals surface area contributed by atoms with E-state index >= 15 is 0 Å². The molecule has 2 amide bonds. The van der Waals surface area contributed by atoms with Crippen LogP contribution in [0.2, 0.25) is 0 Å². The molecule has 1 aromatic rings. The predicted molar refractivity (Wildman–Crippen MR) is 114 cm³/mol. The van der Waals surface area contributed by atoms with Gasteiger partial charge >= 0.3 is 0 Å². The predicted octanol–water partition coefficient (Wildman–Crippen LogP) is 3.15. The van der Waals surface area contributed by atoms with E-state index in [1.807, 2.05) is 31.2 Å². The Labute approximate surface area is 167 Å². The van der Waals surface area contributed by atoms with Gasteiger partial charge in [-0.3, -0.25) is 9.59 Å². The second-order valence-electron chi connectivity index (χ2n) is 7.82. The molecule has 0 spiro atoms. The summed E-state index contributed by atoms with van der Waals surface area (Å²) < 4.78 is 0. The number of nitrogens with one attached hydrogen (secondary N) is 2. The fourth-order valence-electron chi connectivity index (χ4n) is 3.63. The van der Waals surface area contributed by atoms with Gasteiger partial charge in [-0.25, -0.2) is 0 Å². The lowest BCUT2D eigenvalue weighted by Crippen LogP contribution is -2.40. The van der Waals surface area contributed by atoms with Crippen LogP contribution in [-0.4, -0.2) is 54.4 Å². The molecule has 27 heavy (non-hydrogen) atoms. The summed E-state index contributed by atoms with van der Waals surface area (Å²) in [5.74, 6) is 2.06. The SMILES string of the molecule is Cc1ccc(NC(=O)CSCC(=O)NCCCN2CC(C)CC(C)C2)cc1. The Morgan fingerprint density at radius 1 is 1.07 bits per heavy atom. The highest BCUT2D eigenvalue weighted by Gasteiger charge is 2.21. The standard InChI is InChI=1S/C21H33N3O2S/c1-16-5-7-19(8-6-16)23-21(26)15-27-14-20(25)22-9-4-10-24-12-17(2)11-18(3)13-24/h5-8,17-18H,4,9-15H2,1-3H3,(H,22,25)(H,23,26). The van der Waals surface area contributed by atoms with Gasteiger partial charge in [-0.05, 0) is 50.3 Å². The third-order valence-corrected chi connectivity index (χ3v) is 5.65. The van der Waals surface area contributed by atoms with Crippen molar-refractivity contribution in [2.24, 2.45) is 11.8 Å². The molecule has 0 bridgehead atoms. The lowest BCUT2D eigenvalue weighted by molar-refractivity contribution is -0.118. The minimum atomic E-state index is -0.0787. The first kappa shape index (κ1) is 21.8. The minimum absolute atomic E-state index is 0.00326. The van der Waals surface area contributed by atoms with E-state index in [-0.39, 0.29) is 17.6 Å². The Kier molecular flexibility index (Phi) is 9.15. The van der Waals surface area contributed by atoms with Crippen molar-refractivity contribution in [2.75, 3.05) is 43.0 Å². The highest BCUT2D eigenvalue weighted by atomic mass is 32.2. The molecule has 1 aliphatic rings. The molecular formula is C21H33N3O2S. The Morgan fingerprint density at radius 3 is 2.37 bits per heavy atom. The average Bonchev–Trinajstić information content (AvgIpc) is 2.60. The molecule has 5 nitrogen and oxygen atoms in total. The molecule has 2 N–H and O–H groups in total. The van der Waals surface area contributed by atoms with Crippen LogP contribution in [0.1, 0.15) is 32.3 Å². The molecule has 1 saturated heterocycles. The van der Waals surface area contributed by atoms with Crippen LogP contribution >= 0.6 is 11.8 Å². The van der Waals surface area contributed by atoms with Crippen LogP contribution in [-0.2, 0) is 9.59 Å². The van der Waals surface area contributed by atoms with Crippen molar-refractivity contribution in [3.05, 3.63) is 29.8 Å². The maximum atomic E-state index is 11.9. The van der Waals surface area contributed by atoms with E-state index in [0.717, 1.165) is 36.1 Å². The number of carbonyl (C=O) groups is 2. The molecule has 0 aliphatic carbocycles. The molecule has 0 aromatic heterocycles. The molecule has 1 fully saturated rings. The van der Waals surface area contributed by atoms with Crippen LogP contribution in [0, 0.1) is 18.8 Å². The van der Waals surface area contributed by atoms with Crippen molar-refractivity contribution in [3.8, 4) is 0 Å². The Bertz CT molecular complexity index is 596.